The normalized spacial score (nSPS) is 21.2. The smallest absolute Gasteiger partial charge is 0.261 e. The lowest BCUT2D eigenvalue weighted by Crippen LogP contribution is -2.50. The molecule has 2 amide bonds. The van der Waals surface area contributed by atoms with E-state index in [-0.39, 0.29) is 30.5 Å². The lowest BCUT2D eigenvalue weighted by atomic mass is 9.95. The third-order valence-electron chi connectivity index (χ3n) is 5.00. The highest BCUT2D eigenvalue weighted by Crippen LogP contribution is 2.21. The van der Waals surface area contributed by atoms with E-state index in [1.54, 1.807) is 29.2 Å². The van der Waals surface area contributed by atoms with Crippen molar-refractivity contribution in [3.05, 3.63) is 29.3 Å². The van der Waals surface area contributed by atoms with Gasteiger partial charge in [0.1, 0.15) is 11.8 Å². The number of halogens is 1. The molecular formula is C19H25ClN2O3. The van der Waals surface area contributed by atoms with E-state index in [0.29, 0.717) is 17.3 Å². The first-order chi connectivity index (χ1) is 12.1. The second-order valence-electron chi connectivity index (χ2n) is 6.83. The summed E-state index contributed by atoms with van der Waals surface area (Å²) in [6.45, 7) is 0.556. The first kappa shape index (κ1) is 18.1. The number of likely N-dealkylation sites (tertiary alicyclic amines) is 1. The van der Waals surface area contributed by atoms with E-state index in [0.717, 1.165) is 25.7 Å². The molecule has 1 saturated carbocycles. The standard InChI is InChI=1S/C19H25ClN2O3/c20-14-8-10-16(11-9-14)25-13-18(23)22-12-4-7-17(22)19(24)21-15-5-2-1-3-6-15/h8-11,15,17H,1-7,12-13H2,(H,21,24)/t17-/m0/s1. The second-order valence-corrected chi connectivity index (χ2v) is 7.27. The quantitative estimate of drug-likeness (QED) is 0.873. The van der Waals surface area contributed by atoms with Crippen molar-refractivity contribution in [3.8, 4) is 5.75 Å². The van der Waals surface area contributed by atoms with Crippen LogP contribution in [0.1, 0.15) is 44.9 Å². The highest BCUT2D eigenvalue weighted by Gasteiger charge is 2.35. The van der Waals surface area contributed by atoms with Crippen LogP contribution < -0.4 is 10.1 Å². The van der Waals surface area contributed by atoms with Gasteiger partial charge in [-0.3, -0.25) is 9.59 Å². The van der Waals surface area contributed by atoms with Gasteiger partial charge in [0.05, 0.1) is 0 Å². The number of carbonyl (C=O) groups excluding carboxylic acids is 2. The van der Waals surface area contributed by atoms with Crippen LogP contribution in [0.2, 0.25) is 5.02 Å². The Balaban J connectivity index is 1.51. The van der Waals surface area contributed by atoms with Crippen LogP contribution in [-0.2, 0) is 9.59 Å². The molecule has 0 bridgehead atoms. The summed E-state index contributed by atoms with van der Waals surface area (Å²) < 4.78 is 5.53. The Morgan fingerprint density at radius 1 is 1.08 bits per heavy atom. The molecule has 1 aromatic rings. The van der Waals surface area contributed by atoms with Gasteiger partial charge in [-0.15, -0.1) is 0 Å². The van der Waals surface area contributed by atoms with Crippen molar-refractivity contribution in [2.45, 2.75) is 57.0 Å². The third kappa shape index (κ3) is 4.88. The van der Waals surface area contributed by atoms with Crippen molar-refractivity contribution < 1.29 is 14.3 Å². The molecule has 0 unspecified atom stereocenters. The van der Waals surface area contributed by atoms with Gasteiger partial charge < -0.3 is 15.0 Å². The zero-order valence-electron chi connectivity index (χ0n) is 14.4. The molecule has 6 heteroatoms. The average molecular weight is 365 g/mol. The average Bonchev–Trinajstić information content (AvgIpc) is 3.12. The summed E-state index contributed by atoms with van der Waals surface area (Å²) in [7, 11) is 0. The molecule has 1 saturated heterocycles. The molecule has 0 aromatic heterocycles. The van der Waals surface area contributed by atoms with Gasteiger partial charge in [0, 0.05) is 17.6 Å². The van der Waals surface area contributed by atoms with Crippen molar-refractivity contribution in [1.82, 2.24) is 10.2 Å². The molecule has 2 aliphatic rings. The van der Waals surface area contributed by atoms with E-state index in [1.165, 1.54) is 19.3 Å². The summed E-state index contributed by atoms with van der Waals surface area (Å²) in [5.41, 5.74) is 0. The van der Waals surface area contributed by atoms with E-state index in [4.69, 9.17) is 16.3 Å². The first-order valence-corrected chi connectivity index (χ1v) is 9.49. The van der Waals surface area contributed by atoms with Crippen LogP contribution >= 0.6 is 11.6 Å². The minimum atomic E-state index is -0.358. The topological polar surface area (TPSA) is 58.6 Å². The maximum Gasteiger partial charge on any atom is 0.261 e. The van der Waals surface area contributed by atoms with Crippen molar-refractivity contribution in [3.63, 3.8) is 0 Å². The van der Waals surface area contributed by atoms with Gasteiger partial charge >= 0.3 is 0 Å². The van der Waals surface area contributed by atoms with Crippen LogP contribution in [-0.4, -0.2) is 41.9 Å². The molecule has 0 radical (unpaired) electrons. The SMILES string of the molecule is O=C(NC1CCCCC1)[C@@H]1CCCN1C(=O)COc1ccc(Cl)cc1. The minimum Gasteiger partial charge on any atom is -0.484 e. The summed E-state index contributed by atoms with van der Waals surface area (Å²) in [4.78, 5) is 26.7. The van der Waals surface area contributed by atoms with E-state index in [9.17, 15) is 9.59 Å². The number of carbonyl (C=O) groups is 2. The molecule has 0 spiro atoms. The number of nitrogens with zero attached hydrogens (tertiary/aromatic N) is 1. The molecule has 1 atom stereocenters. The number of rotatable bonds is 5. The molecular weight excluding hydrogens is 340 g/mol. The van der Waals surface area contributed by atoms with Crippen molar-refractivity contribution in [2.75, 3.05) is 13.2 Å². The molecule has 1 heterocycles. The molecule has 5 nitrogen and oxygen atoms in total. The molecule has 136 valence electrons. The molecule has 2 fully saturated rings. The zero-order valence-corrected chi connectivity index (χ0v) is 15.1. The van der Waals surface area contributed by atoms with Crippen LogP contribution in [0.25, 0.3) is 0 Å². The first-order valence-electron chi connectivity index (χ1n) is 9.12. The second kappa shape index (κ2) is 8.56. The van der Waals surface area contributed by atoms with E-state index in [2.05, 4.69) is 5.32 Å². The van der Waals surface area contributed by atoms with Gasteiger partial charge in [-0.25, -0.2) is 0 Å². The van der Waals surface area contributed by atoms with Crippen LogP contribution in [0.5, 0.6) is 5.75 Å². The Morgan fingerprint density at radius 2 is 1.80 bits per heavy atom. The number of ether oxygens (including phenoxy) is 1. The van der Waals surface area contributed by atoms with Gasteiger partial charge in [0.2, 0.25) is 5.91 Å². The fraction of sp³-hybridized carbons (Fsp3) is 0.579. The lowest BCUT2D eigenvalue weighted by molar-refractivity contribution is -0.140. The molecule has 1 N–H and O–H groups in total. The van der Waals surface area contributed by atoms with Gasteiger partial charge in [-0.1, -0.05) is 30.9 Å². The fourth-order valence-electron chi connectivity index (χ4n) is 3.64. The maximum atomic E-state index is 12.6. The van der Waals surface area contributed by atoms with E-state index in [1.807, 2.05) is 0 Å². The van der Waals surface area contributed by atoms with Gasteiger partial charge in [0.25, 0.3) is 5.91 Å². The van der Waals surface area contributed by atoms with Gasteiger partial charge in [-0.2, -0.15) is 0 Å². The van der Waals surface area contributed by atoms with Gasteiger partial charge in [0.15, 0.2) is 6.61 Å². The van der Waals surface area contributed by atoms with Gasteiger partial charge in [-0.05, 0) is 49.9 Å². The Morgan fingerprint density at radius 3 is 2.52 bits per heavy atom. The Labute approximate surface area is 153 Å². The molecule has 25 heavy (non-hydrogen) atoms. The number of hydrogen-bond acceptors (Lipinski definition) is 3. The fourth-order valence-corrected chi connectivity index (χ4v) is 3.77. The summed E-state index contributed by atoms with van der Waals surface area (Å²) in [5.74, 6) is 0.445. The number of hydrogen-bond donors (Lipinski definition) is 1. The summed E-state index contributed by atoms with van der Waals surface area (Å²) in [6, 6.07) is 6.81. The highest BCUT2D eigenvalue weighted by molar-refractivity contribution is 6.30. The van der Waals surface area contributed by atoms with Crippen molar-refractivity contribution in [1.29, 1.82) is 0 Å². The molecule has 1 aliphatic heterocycles. The predicted octanol–water partition coefficient (Wildman–Crippen LogP) is 3.16. The van der Waals surface area contributed by atoms with Crippen LogP contribution in [0.15, 0.2) is 24.3 Å². The van der Waals surface area contributed by atoms with Crippen molar-refractivity contribution >= 4 is 23.4 Å². The minimum absolute atomic E-state index is 0.00996. The Kier molecular flexibility index (Phi) is 6.19. The highest BCUT2D eigenvalue weighted by atomic mass is 35.5. The Bertz CT molecular complexity index is 599. The monoisotopic (exact) mass is 364 g/mol. The number of benzene rings is 1. The Hall–Kier alpha value is -1.75. The van der Waals surface area contributed by atoms with Crippen molar-refractivity contribution in [2.24, 2.45) is 0 Å². The van der Waals surface area contributed by atoms with Crippen LogP contribution in [0.3, 0.4) is 0 Å². The molecule has 1 aliphatic carbocycles. The van der Waals surface area contributed by atoms with E-state index >= 15 is 0 Å². The largest absolute Gasteiger partial charge is 0.484 e. The predicted molar refractivity (Wildman–Crippen MR) is 96.7 cm³/mol. The van der Waals surface area contributed by atoms with E-state index < -0.39 is 0 Å². The zero-order chi connectivity index (χ0) is 17.6. The molecule has 1 aromatic carbocycles. The maximum absolute atomic E-state index is 12.6. The molecule has 3 rings (SSSR count). The summed E-state index contributed by atoms with van der Waals surface area (Å²) in [6.07, 6.45) is 7.28. The lowest BCUT2D eigenvalue weighted by Gasteiger charge is -2.28. The summed E-state index contributed by atoms with van der Waals surface area (Å²) in [5, 5.41) is 3.76. The number of amides is 2. The van der Waals surface area contributed by atoms with Crippen LogP contribution in [0, 0.1) is 0 Å². The summed E-state index contributed by atoms with van der Waals surface area (Å²) >= 11 is 5.84. The number of nitrogens with one attached hydrogen (secondary N) is 1. The van der Waals surface area contributed by atoms with Crippen LogP contribution in [0.4, 0.5) is 0 Å². The third-order valence-corrected chi connectivity index (χ3v) is 5.26.